The van der Waals surface area contributed by atoms with Gasteiger partial charge in [0.15, 0.2) is 0 Å². The molecule has 0 aliphatic rings. The van der Waals surface area contributed by atoms with Crippen molar-refractivity contribution in [3.8, 4) is 17.2 Å². The maximum atomic E-state index is 13.5. The Hall–Kier alpha value is -2.69. The fraction of sp³-hybridized carbons (Fsp3) is 0.125. The molecule has 4 nitrogen and oxygen atoms in total. The number of aryl methyl sites for hydroxylation is 1. The molecule has 1 aromatic heterocycles. The van der Waals surface area contributed by atoms with Gasteiger partial charge in [0.25, 0.3) is 0 Å². The predicted molar refractivity (Wildman–Crippen MR) is 75.2 cm³/mol. The fourth-order valence-corrected chi connectivity index (χ4v) is 1.88. The molecule has 3 rings (SSSR count). The zero-order valence-electron chi connectivity index (χ0n) is 11.4. The summed E-state index contributed by atoms with van der Waals surface area (Å²) in [6.45, 7) is 1.92. The number of hydrogen-bond donors (Lipinski definition) is 0. The molecule has 1 heterocycles. The summed E-state index contributed by atoms with van der Waals surface area (Å²) in [4.78, 5) is 0. The van der Waals surface area contributed by atoms with E-state index in [9.17, 15) is 4.39 Å². The Labute approximate surface area is 121 Å². The maximum absolute atomic E-state index is 13.5. The van der Waals surface area contributed by atoms with Gasteiger partial charge in [0, 0.05) is 18.1 Å². The summed E-state index contributed by atoms with van der Waals surface area (Å²) in [6, 6.07) is 13.8. The van der Waals surface area contributed by atoms with Crippen LogP contribution in [0.3, 0.4) is 0 Å². The third-order valence-corrected chi connectivity index (χ3v) is 2.98. The molecule has 0 spiro atoms. The lowest BCUT2D eigenvalue weighted by molar-refractivity contribution is 0.300. The number of ether oxygens (including phenoxy) is 1. The van der Waals surface area contributed by atoms with Crippen LogP contribution in [0.15, 0.2) is 52.9 Å². The lowest BCUT2D eigenvalue weighted by Gasteiger charge is -2.07. The minimum Gasteiger partial charge on any atom is -0.489 e. The highest BCUT2D eigenvalue weighted by Crippen LogP contribution is 2.22. The Morgan fingerprint density at radius 3 is 2.48 bits per heavy atom. The number of rotatable bonds is 4. The van der Waals surface area contributed by atoms with Crippen molar-refractivity contribution >= 4 is 0 Å². The van der Waals surface area contributed by atoms with Gasteiger partial charge < -0.3 is 9.15 Å². The number of hydrogen-bond acceptors (Lipinski definition) is 4. The molecule has 0 aliphatic heterocycles. The van der Waals surface area contributed by atoms with Crippen molar-refractivity contribution in [2.75, 3.05) is 0 Å². The van der Waals surface area contributed by atoms with Crippen LogP contribution in [0.25, 0.3) is 11.5 Å². The molecule has 21 heavy (non-hydrogen) atoms. The normalized spacial score (nSPS) is 10.6. The van der Waals surface area contributed by atoms with Crippen molar-refractivity contribution < 1.29 is 13.5 Å². The largest absolute Gasteiger partial charge is 0.489 e. The summed E-state index contributed by atoms with van der Waals surface area (Å²) >= 11 is 0. The molecule has 0 bridgehead atoms. The molecule has 3 aromatic rings. The zero-order valence-corrected chi connectivity index (χ0v) is 11.4. The molecule has 0 aliphatic carbocycles. The Kier molecular flexibility index (Phi) is 3.64. The monoisotopic (exact) mass is 284 g/mol. The van der Waals surface area contributed by atoms with Gasteiger partial charge in [-0.3, -0.25) is 0 Å². The van der Waals surface area contributed by atoms with Crippen molar-refractivity contribution in [3.05, 3.63) is 65.8 Å². The minimum absolute atomic E-state index is 0.186. The van der Waals surface area contributed by atoms with Crippen molar-refractivity contribution in [3.63, 3.8) is 0 Å². The molecule has 0 amide bonds. The van der Waals surface area contributed by atoms with Gasteiger partial charge in [-0.15, -0.1) is 10.2 Å². The Morgan fingerprint density at radius 1 is 1.05 bits per heavy atom. The first-order valence-corrected chi connectivity index (χ1v) is 6.49. The van der Waals surface area contributed by atoms with E-state index < -0.39 is 0 Å². The molecule has 0 atom stereocenters. The standard InChI is InChI=1S/C16H13FN2O2/c1-11-18-19-16(21-11)12-6-8-14(9-7-12)20-10-13-4-2-3-5-15(13)17/h2-9H,10H2,1H3. The number of halogens is 1. The predicted octanol–water partition coefficient (Wildman–Crippen LogP) is 3.76. The average Bonchev–Trinajstić information content (AvgIpc) is 2.94. The molecular weight excluding hydrogens is 271 g/mol. The summed E-state index contributed by atoms with van der Waals surface area (Å²) in [6.07, 6.45) is 0. The summed E-state index contributed by atoms with van der Waals surface area (Å²) in [5.74, 6) is 1.37. The van der Waals surface area contributed by atoms with Gasteiger partial charge in [-0.1, -0.05) is 18.2 Å². The van der Waals surface area contributed by atoms with Crippen LogP contribution in [0, 0.1) is 12.7 Å². The van der Waals surface area contributed by atoms with Crippen LogP contribution in [-0.4, -0.2) is 10.2 Å². The van der Waals surface area contributed by atoms with E-state index in [0.29, 0.717) is 23.1 Å². The first kappa shape index (κ1) is 13.3. The van der Waals surface area contributed by atoms with E-state index in [0.717, 1.165) is 5.56 Å². The quantitative estimate of drug-likeness (QED) is 0.732. The Balaban J connectivity index is 1.69. The van der Waals surface area contributed by atoms with Crippen molar-refractivity contribution in [1.82, 2.24) is 10.2 Å². The lowest BCUT2D eigenvalue weighted by Crippen LogP contribution is -1.98. The molecular formula is C16H13FN2O2. The second kappa shape index (κ2) is 5.75. The van der Waals surface area contributed by atoms with Crippen LogP contribution < -0.4 is 4.74 Å². The molecule has 0 fully saturated rings. The van der Waals surface area contributed by atoms with Gasteiger partial charge in [-0.25, -0.2) is 4.39 Å². The minimum atomic E-state index is -0.268. The highest BCUT2D eigenvalue weighted by Gasteiger charge is 2.06. The van der Waals surface area contributed by atoms with Gasteiger partial charge in [-0.05, 0) is 30.3 Å². The molecule has 0 saturated carbocycles. The maximum Gasteiger partial charge on any atom is 0.247 e. The lowest BCUT2D eigenvalue weighted by atomic mass is 10.2. The van der Waals surface area contributed by atoms with E-state index in [-0.39, 0.29) is 12.4 Å². The van der Waals surface area contributed by atoms with Crippen molar-refractivity contribution in [2.24, 2.45) is 0 Å². The van der Waals surface area contributed by atoms with Gasteiger partial charge in [-0.2, -0.15) is 0 Å². The number of benzene rings is 2. The van der Waals surface area contributed by atoms with Gasteiger partial charge in [0.05, 0.1) is 0 Å². The van der Waals surface area contributed by atoms with E-state index >= 15 is 0 Å². The fourth-order valence-electron chi connectivity index (χ4n) is 1.88. The van der Waals surface area contributed by atoms with Crippen molar-refractivity contribution in [2.45, 2.75) is 13.5 Å². The van der Waals surface area contributed by atoms with Gasteiger partial charge in [0.1, 0.15) is 18.2 Å². The second-order valence-corrected chi connectivity index (χ2v) is 4.53. The van der Waals surface area contributed by atoms with Crippen LogP contribution in [0.5, 0.6) is 5.75 Å². The number of aromatic nitrogens is 2. The highest BCUT2D eigenvalue weighted by atomic mass is 19.1. The van der Waals surface area contributed by atoms with Crippen molar-refractivity contribution in [1.29, 1.82) is 0 Å². The van der Waals surface area contributed by atoms with E-state index in [1.54, 1.807) is 37.3 Å². The average molecular weight is 284 g/mol. The van der Waals surface area contributed by atoms with Crippen LogP contribution >= 0.6 is 0 Å². The molecule has 0 N–H and O–H groups in total. The third kappa shape index (κ3) is 3.08. The Bertz CT molecular complexity index is 738. The Morgan fingerprint density at radius 2 is 1.81 bits per heavy atom. The molecule has 106 valence electrons. The van der Waals surface area contributed by atoms with E-state index in [4.69, 9.17) is 9.15 Å². The van der Waals surface area contributed by atoms with E-state index in [1.165, 1.54) is 6.07 Å². The van der Waals surface area contributed by atoms with Crippen LogP contribution in [0.4, 0.5) is 4.39 Å². The molecule has 5 heteroatoms. The SMILES string of the molecule is Cc1nnc(-c2ccc(OCc3ccccc3F)cc2)o1. The highest BCUT2D eigenvalue weighted by molar-refractivity contribution is 5.53. The molecule has 0 radical (unpaired) electrons. The summed E-state index contributed by atoms with van der Waals surface area (Å²) < 4.78 is 24.4. The number of nitrogens with zero attached hydrogens (tertiary/aromatic N) is 2. The first-order chi connectivity index (χ1) is 10.2. The van der Waals surface area contributed by atoms with Crippen LogP contribution in [-0.2, 0) is 6.61 Å². The molecule has 0 saturated heterocycles. The van der Waals surface area contributed by atoms with Gasteiger partial charge >= 0.3 is 0 Å². The van der Waals surface area contributed by atoms with Crippen LogP contribution in [0.1, 0.15) is 11.5 Å². The second-order valence-electron chi connectivity index (χ2n) is 4.53. The summed E-state index contributed by atoms with van der Waals surface area (Å²) in [7, 11) is 0. The van der Waals surface area contributed by atoms with Crippen LogP contribution in [0.2, 0.25) is 0 Å². The van der Waals surface area contributed by atoms with Gasteiger partial charge in [0.2, 0.25) is 11.8 Å². The third-order valence-electron chi connectivity index (χ3n) is 2.98. The summed E-state index contributed by atoms with van der Waals surface area (Å²) in [5, 5.41) is 7.73. The zero-order chi connectivity index (χ0) is 14.7. The summed E-state index contributed by atoms with van der Waals surface area (Å²) in [5.41, 5.74) is 1.34. The topological polar surface area (TPSA) is 48.2 Å². The van der Waals surface area contributed by atoms with E-state index in [1.807, 2.05) is 12.1 Å². The molecule has 0 unspecified atom stereocenters. The first-order valence-electron chi connectivity index (χ1n) is 6.49. The molecule has 2 aromatic carbocycles. The van der Waals surface area contributed by atoms with E-state index in [2.05, 4.69) is 10.2 Å². The smallest absolute Gasteiger partial charge is 0.247 e.